The zero-order chi connectivity index (χ0) is 12.3. The number of nitrogens with zero attached hydrogens (tertiary/aromatic N) is 1. The molecule has 90 valence electrons. The van der Waals surface area contributed by atoms with Crippen LogP contribution in [-0.4, -0.2) is 24.4 Å². The van der Waals surface area contributed by atoms with Crippen molar-refractivity contribution in [2.45, 2.75) is 13.5 Å². The van der Waals surface area contributed by atoms with Crippen molar-refractivity contribution in [3.05, 3.63) is 35.5 Å². The zero-order valence-electron chi connectivity index (χ0n) is 10.4. The standard InChI is InChI=1S/C13H17N3O/c1-9-12(8-14-2)15-16-13(9)10-5-4-6-11(7-10)17-3/h4-7,14H,8H2,1-3H3,(H,15,16). The summed E-state index contributed by atoms with van der Waals surface area (Å²) in [5, 5.41) is 10.5. The van der Waals surface area contributed by atoms with Crippen LogP contribution in [0.2, 0.25) is 0 Å². The average Bonchev–Trinajstić information content (AvgIpc) is 2.72. The van der Waals surface area contributed by atoms with Crippen LogP contribution in [0.15, 0.2) is 24.3 Å². The number of ether oxygens (including phenoxy) is 1. The summed E-state index contributed by atoms with van der Waals surface area (Å²) in [7, 11) is 3.59. The number of aromatic nitrogens is 2. The summed E-state index contributed by atoms with van der Waals surface area (Å²) in [5.41, 5.74) is 4.34. The van der Waals surface area contributed by atoms with Crippen LogP contribution in [-0.2, 0) is 6.54 Å². The number of methoxy groups -OCH3 is 1. The van der Waals surface area contributed by atoms with Crippen molar-refractivity contribution < 1.29 is 4.74 Å². The van der Waals surface area contributed by atoms with Crippen LogP contribution in [0.5, 0.6) is 5.75 Å². The number of aromatic amines is 1. The van der Waals surface area contributed by atoms with Gasteiger partial charge in [-0.2, -0.15) is 5.10 Å². The Morgan fingerprint density at radius 3 is 2.94 bits per heavy atom. The predicted octanol–water partition coefficient (Wildman–Crippen LogP) is 2.11. The van der Waals surface area contributed by atoms with E-state index >= 15 is 0 Å². The maximum absolute atomic E-state index is 5.22. The van der Waals surface area contributed by atoms with Gasteiger partial charge >= 0.3 is 0 Å². The lowest BCUT2D eigenvalue weighted by atomic mass is 10.1. The number of nitrogens with one attached hydrogen (secondary N) is 2. The highest BCUT2D eigenvalue weighted by Gasteiger charge is 2.10. The van der Waals surface area contributed by atoms with Crippen molar-refractivity contribution >= 4 is 0 Å². The summed E-state index contributed by atoms with van der Waals surface area (Å²) in [4.78, 5) is 0. The molecule has 0 amide bonds. The fraction of sp³-hybridized carbons (Fsp3) is 0.308. The molecule has 2 N–H and O–H groups in total. The van der Waals surface area contributed by atoms with E-state index in [1.807, 2.05) is 31.3 Å². The van der Waals surface area contributed by atoms with Gasteiger partial charge in [0.15, 0.2) is 0 Å². The lowest BCUT2D eigenvalue weighted by molar-refractivity contribution is 0.415. The molecule has 2 aromatic rings. The predicted molar refractivity (Wildman–Crippen MR) is 68.1 cm³/mol. The molecule has 1 heterocycles. The van der Waals surface area contributed by atoms with Crippen LogP contribution in [0.1, 0.15) is 11.3 Å². The van der Waals surface area contributed by atoms with Gasteiger partial charge in [0.2, 0.25) is 0 Å². The van der Waals surface area contributed by atoms with Gasteiger partial charge in [-0.15, -0.1) is 0 Å². The molecule has 0 aliphatic heterocycles. The van der Waals surface area contributed by atoms with E-state index in [1.165, 1.54) is 5.56 Å². The van der Waals surface area contributed by atoms with Crippen LogP contribution in [0.25, 0.3) is 11.3 Å². The molecule has 17 heavy (non-hydrogen) atoms. The molecule has 0 radical (unpaired) electrons. The molecule has 0 unspecified atom stereocenters. The summed E-state index contributed by atoms with van der Waals surface area (Å²) >= 11 is 0. The van der Waals surface area contributed by atoms with E-state index in [1.54, 1.807) is 7.11 Å². The molecule has 0 spiro atoms. The molecule has 0 bridgehead atoms. The Balaban J connectivity index is 2.38. The van der Waals surface area contributed by atoms with E-state index in [4.69, 9.17) is 4.74 Å². The number of H-pyrrole nitrogens is 1. The average molecular weight is 231 g/mol. The summed E-state index contributed by atoms with van der Waals surface area (Å²) in [5.74, 6) is 0.847. The Kier molecular flexibility index (Phi) is 3.44. The molecule has 0 saturated heterocycles. The fourth-order valence-electron chi connectivity index (χ4n) is 1.83. The fourth-order valence-corrected chi connectivity index (χ4v) is 1.83. The SMILES string of the molecule is CNCc1[nH]nc(-c2cccc(OC)c2)c1C. The maximum atomic E-state index is 5.22. The third-order valence-electron chi connectivity index (χ3n) is 2.81. The van der Waals surface area contributed by atoms with E-state index in [0.717, 1.165) is 29.2 Å². The van der Waals surface area contributed by atoms with Gasteiger partial charge in [0.1, 0.15) is 5.75 Å². The molecule has 0 saturated carbocycles. The highest BCUT2D eigenvalue weighted by molar-refractivity contribution is 5.65. The molecule has 2 rings (SSSR count). The van der Waals surface area contributed by atoms with Crippen LogP contribution in [0.3, 0.4) is 0 Å². The van der Waals surface area contributed by atoms with Gasteiger partial charge in [0.25, 0.3) is 0 Å². The Morgan fingerprint density at radius 2 is 2.24 bits per heavy atom. The van der Waals surface area contributed by atoms with Crippen LogP contribution < -0.4 is 10.1 Å². The molecule has 4 nitrogen and oxygen atoms in total. The van der Waals surface area contributed by atoms with Crippen LogP contribution in [0.4, 0.5) is 0 Å². The van der Waals surface area contributed by atoms with Crippen molar-refractivity contribution in [1.29, 1.82) is 0 Å². The topological polar surface area (TPSA) is 49.9 Å². The maximum Gasteiger partial charge on any atom is 0.119 e. The van der Waals surface area contributed by atoms with Crippen molar-refractivity contribution in [2.24, 2.45) is 0 Å². The molecule has 1 aromatic heterocycles. The molecule has 0 atom stereocenters. The third kappa shape index (κ3) is 2.31. The second-order valence-electron chi connectivity index (χ2n) is 3.94. The molecule has 0 aliphatic carbocycles. The van der Waals surface area contributed by atoms with E-state index in [-0.39, 0.29) is 0 Å². The summed E-state index contributed by atoms with van der Waals surface area (Å²) in [6, 6.07) is 7.93. The smallest absolute Gasteiger partial charge is 0.119 e. The first-order valence-corrected chi connectivity index (χ1v) is 5.59. The second kappa shape index (κ2) is 5.01. The number of rotatable bonds is 4. The van der Waals surface area contributed by atoms with Gasteiger partial charge in [-0.1, -0.05) is 12.1 Å². The van der Waals surface area contributed by atoms with Crippen LogP contribution in [0, 0.1) is 6.92 Å². The van der Waals surface area contributed by atoms with Crippen molar-refractivity contribution in [1.82, 2.24) is 15.5 Å². The summed E-state index contributed by atoms with van der Waals surface area (Å²) in [6.07, 6.45) is 0. The normalized spacial score (nSPS) is 10.5. The van der Waals surface area contributed by atoms with Crippen molar-refractivity contribution in [2.75, 3.05) is 14.2 Å². The van der Waals surface area contributed by atoms with Gasteiger partial charge in [0, 0.05) is 12.1 Å². The summed E-state index contributed by atoms with van der Waals surface area (Å²) < 4.78 is 5.22. The first-order chi connectivity index (χ1) is 8.26. The molecular weight excluding hydrogens is 214 g/mol. The van der Waals surface area contributed by atoms with E-state index in [0.29, 0.717) is 0 Å². The molecule has 4 heteroatoms. The Bertz CT molecular complexity index is 505. The Hall–Kier alpha value is -1.81. The zero-order valence-corrected chi connectivity index (χ0v) is 10.4. The minimum absolute atomic E-state index is 0.794. The minimum atomic E-state index is 0.794. The molecule has 1 aromatic carbocycles. The third-order valence-corrected chi connectivity index (χ3v) is 2.81. The molecule has 0 fully saturated rings. The lowest BCUT2D eigenvalue weighted by Gasteiger charge is -2.03. The highest BCUT2D eigenvalue weighted by atomic mass is 16.5. The number of hydrogen-bond acceptors (Lipinski definition) is 3. The van der Waals surface area contributed by atoms with E-state index in [2.05, 4.69) is 22.4 Å². The van der Waals surface area contributed by atoms with E-state index < -0.39 is 0 Å². The lowest BCUT2D eigenvalue weighted by Crippen LogP contribution is -2.06. The second-order valence-corrected chi connectivity index (χ2v) is 3.94. The van der Waals surface area contributed by atoms with Gasteiger partial charge in [-0.05, 0) is 31.7 Å². The molecule has 0 aliphatic rings. The van der Waals surface area contributed by atoms with Gasteiger partial charge in [-0.3, -0.25) is 5.10 Å². The van der Waals surface area contributed by atoms with E-state index in [9.17, 15) is 0 Å². The first-order valence-electron chi connectivity index (χ1n) is 5.59. The quantitative estimate of drug-likeness (QED) is 0.847. The van der Waals surface area contributed by atoms with Crippen molar-refractivity contribution in [3.8, 4) is 17.0 Å². The monoisotopic (exact) mass is 231 g/mol. The van der Waals surface area contributed by atoms with Crippen LogP contribution >= 0.6 is 0 Å². The number of hydrogen-bond donors (Lipinski definition) is 2. The molecular formula is C13H17N3O. The van der Waals surface area contributed by atoms with Gasteiger partial charge in [-0.25, -0.2) is 0 Å². The Morgan fingerprint density at radius 1 is 1.41 bits per heavy atom. The highest BCUT2D eigenvalue weighted by Crippen LogP contribution is 2.26. The largest absolute Gasteiger partial charge is 0.497 e. The van der Waals surface area contributed by atoms with Gasteiger partial charge < -0.3 is 10.1 Å². The van der Waals surface area contributed by atoms with Gasteiger partial charge in [0.05, 0.1) is 18.5 Å². The first kappa shape index (κ1) is 11.7. The minimum Gasteiger partial charge on any atom is -0.497 e. The van der Waals surface area contributed by atoms with Crippen molar-refractivity contribution in [3.63, 3.8) is 0 Å². The summed E-state index contributed by atoms with van der Waals surface area (Å²) in [6.45, 7) is 2.87. The Labute approximate surface area is 101 Å². The number of benzene rings is 1.